The van der Waals surface area contributed by atoms with E-state index in [1.807, 2.05) is 35.8 Å². The molecule has 1 saturated heterocycles. The number of rotatable bonds is 2. The fraction of sp³-hybridized carbons (Fsp3) is 0.565. The number of hydrogen-bond donors (Lipinski definition) is 0. The van der Waals surface area contributed by atoms with Gasteiger partial charge in [0, 0.05) is 24.7 Å². The molecular weight excluding hydrogens is 382 g/mol. The number of carbonyl (C=O) groups is 1. The zero-order valence-corrected chi connectivity index (χ0v) is 18.1. The number of ether oxygens (including phenoxy) is 1. The Balaban J connectivity index is 1.43. The Morgan fingerprint density at radius 1 is 1.14 bits per heavy atom. The molecular formula is C23H31N3O2S. The molecule has 0 radical (unpaired) electrons. The van der Waals surface area contributed by atoms with Crippen LogP contribution in [-0.4, -0.2) is 54.0 Å². The molecule has 1 spiro atoms. The highest BCUT2D eigenvalue weighted by molar-refractivity contribution is 7.09. The summed E-state index contributed by atoms with van der Waals surface area (Å²) < 4.78 is 6.02. The van der Waals surface area contributed by atoms with Crippen LogP contribution in [0.3, 0.4) is 0 Å². The molecule has 2 aliphatic rings. The first kappa shape index (κ1) is 20.4. The molecule has 1 aromatic carbocycles. The van der Waals surface area contributed by atoms with Gasteiger partial charge in [0.1, 0.15) is 12.4 Å². The second-order valence-corrected chi connectivity index (χ2v) is 9.39. The van der Waals surface area contributed by atoms with Crippen LogP contribution in [0.15, 0.2) is 36.0 Å². The Morgan fingerprint density at radius 3 is 2.76 bits per heavy atom. The van der Waals surface area contributed by atoms with Gasteiger partial charge in [0.25, 0.3) is 0 Å². The Morgan fingerprint density at radius 2 is 1.97 bits per heavy atom. The van der Waals surface area contributed by atoms with Gasteiger partial charge < -0.3 is 9.64 Å². The lowest BCUT2D eigenvalue weighted by Gasteiger charge is -2.42. The van der Waals surface area contributed by atoms with Gasteiger partial charge in [0.15, 0.2) is 0 Å². The topological polar surface area (TPSA) is 45.7 Å². The summed E-state index contributed by atoms with van der Waals surface area (Å²) >= 11 is 1.71. The van der Waals surface area contributed by atoms with Crippen LogP contribution in [0.1, 0.15) is 42.5 Å². The number of nitrogens with zero attached hydrogens (tertiary/aromatic N) is 3. The maximum atomic E-state index is 13.5. The van der Waals surface area contributed by atoms with Crippen molar-refractivity contribution in [2.75, 3.05) is 33.3 Å². The van der Waals surface area contributed by atoms with E-state index in [2.05, 4.69) is 22.0 Å². The number of para-hydroxylation sites is 1. The van der Waals surface area contributed by atoms with Crippen molar-refractivity contribution < 1.29 is 9.53 Å². The number of thiazole rings is 1. The molecule has 2 aromatic rings. The summed E-state index contributed by atoms with van der Waals surface area (Å²) in [5, 5.41) is 0. The molecule has 1 amide bonds. The molecule has 0 saturated carbocycles. The number of fused-ring (bicyclic) bond motifs is 1. The summed E-state index contributed by atoms with van der Waals surface area (Å²) in [5.41, 5.74) is 2.97. The van der Waals surface area contributed by atoms with Gasteiger partial charge in [-0.2, -0.15) is 0 Å². The van der Waals surface area contributed by atoms with E-state index >= 15 is 0 Å². The van der Waals surface area contributed by atoms with Gasteiger partial charge >= 0.3 is 0 Å². The van der Waals surface area contributed by atoms with Crippen LogP contribution in [0, 0.1) is 5.41 Å². The summed E-state index contributed by atoms with van der Waals surface area (Å²) in [5.74, 6) is 1.28. The Hall–Kier alpha value is -1.92. The van der Waals surface area contributed by atoms with E-state index in [-0.39, 0.29) is 5.41 Å². The van der Waals surface area contributed by atoms with Gasteiger partial charge in [-0.15, -0.1) is 11.3 Å². The molecule has 0 unspecified atom stereocenters. The number of amides is 1. The van der Waals surface area contributed by atoms with Crippen LogP contribution in [0.25, 0.3) is 0 Å². The van der Waals surface area contributed by atoms with E-state index in [0.717, 1.165) is 63.9 Å². The lowest BCUT2D eigenvalue weighted by Crippen LogP contribution is -2.50. The summed E-state index contributed by atoms with van der Waals surface area (Å²) in [7, 11) is 1.94. The minimum Gasteiger partial charge on any atom is -0.491 e. The molecule has 0 atom stereocenters. The number of likely N-dealkylation sites (N-methyl/N-ethyl adjacent to an activating group) is 1. The Kier molecular flexibility index (Phi) is 6.50. The van der Waals surface area contributed by atoms with Crippen LogP contribution in [0.2, 0.25) is 0 Å². The van der Waals surface area contributed by atoms with Crippen LogP contribution < -0.4 is 4.74 Å². The molecule has 0 N–H and O–H groups in total. The van der Waals surface area contributed by atoms with Crippen molar-refractivity contribution in [3.63, 3.8) is 0 Å². The first-order valence-corrected chi connectivity index (χ1v) is 11.6. The maximum absolute atomic E-state index is 13.5. The molecule has 0 aliphatic carbocycles. The molecule has 29 heavy (non-hydrogen) atoms. The van der Waals surface area contributed by atoms with E-state index in [0.29, 0.717) is 19.1 Å². The van der Waals surface area contributed by atoms with E-state index in [1.54, 1.807) is 11.3 Å². The van der Waals surface area contributed by atoms with Crippen LogP contribution in [0.4, 0.5) is 0 Å². The second kappa shape index (κ2) is 9.26. The molecule has 2 aliphatic heterocycles. The lowest BCUT2D eigenvalue weighted by molar-refractivity contribution is -0.145. The van der Waals surface area contributed by atoms with Gasteiger partial charge in [0.2, 0.25) is 5.91 Å². The van der Waals surface area contributed by atoms with Gasteiger partial charge in [-0.05, 0) is 56.8 Å². The summed E-state index contributed by atoms with van der Waals surface area (Å²) in [4.78, 5) is 23.3. The molecule has 4 rings (SSSR count). The summed E-state index contributed by atoms with van der Waals surface area (Å²) in [6, 6.07) is 8.32. The number of benzene rings is 1. The Labute approximate surface area is 177 Å². The van der Waals surface area contributed by atoms with Crippen molar-refractivity contribution >= 4 is 17.2 Å². The van der Waals surface area contributed by atoms with Crippen LogP contribution >= 0.6 is 11.3 Å². The normalized spacial score (nSPS) is 21.1. The first-order valence-electron chi connectivity index (χ1n) is 10.7. The average molecular weight is 414 g/mol. The van der Waals surface area contributed by atoms with Crippen molar-refractivity contribution in [2.45, 2.75) is 45.1 Å². The molecule has 6 heteroatoms. The SMILES string of the molecule is CN1CCOc2ccccc2CCCCC2(CCN(Cc3cncs3)CC2)C1=O. The molecule has 0 bridgehead atoms. The average Bonchev–Trinajstić information content (AvgIpc) is 3.25. The van der Waals surface area contributed by atoms with Crippen molar-refractivity contribution in [3.05, 3.63) is 46.4 Å². The fourth-order valence-electron chi connectivity index (χ4n) is 4.68. The third-order valence-corrected chi connectivity index (χ3v) is 7.25. The zero-order valence-electron chi connectivity index (χ0n) is 17.3. The predicted molar refractivity (Wildman–Crippen MR) is 116 cm³/mol. The highest BCUT2D eigenvalue weighted by Crippen LogP contribution is 2.39. The van der Waals surface area contributed by atoms with Gasteiger partial charge in [0.05, 0.1) is 17.5 Å². The highest BCUT2D eigenvalue weighted by Gasteiger charge is 2.42. The Bertz CT molecular complexity index is 800. The molecule has 3 heterocycles. The van der Waals surface area contributed by atoms with Gasteiger partial charge in [-0.3, -0.25) is 14.7 Å². The molecule has 156 valence electrons. The van der Waals surface area contributed by atoms with Crippen LogP contribution in [0.5, 0.6) is 5.75 Å². The largest absolute Gasteiger partial charge is 0.491 e. The predicted octanol–water partition coefficient (Wildman–Crippen LogP) is 3.99. The van der Waals surface area contributed by atoms with Gasteiger partial charge in [-0.1, -0.05) is 24.6 Å². The minimum atomic E-state index is -0.211. The highest BCUT2D eigenvalue weighted by atomic mass is 32.1. The quantitative estimate of drug-likeness (QED) is 0.747. The maximum Gasteiger partial charge on any atom is 0.228 e. The minimum absolute atomic E-state index is 0.211. The molecule has 5 nitrogen and oxygen atoms in total. The number of aromatic nitrogens is 1. The number of aryl methyl sites for hydroxylation is 1. The lowest BCUT2D eigenvalue weighted by atomic mass is 9.73. The third kappa shape index (κ3) is 4.81. The first-order chi connectivity index (χ1) is 14.2. The van der Waals surface area contributed by atoms with Crippen molar-refractivity contribution in [1.29, 1.82) is 0 Å². The smallest absolute Gasteiger partial charge is 0.228 e. The van der Waals surface area contributed by atoms with Crippen molar-refractivity contribution in [2.24, 2.45) is 5.41 Å². The van der Waals surface area contributed by atoms with Gasteiger partial charge in [-0.25, -0.2) is 0 Å². The van der Waals surface area contributed by atoms with E-state index < -0.39 is 0 Å². The second-order valence-electron chi connectivity index (χ2n) is 8.41. The number of hydrogen-bond acceptors (Lipinski definition) is 5. The third-order valence-electron chi connectivity index (χ3n) is 6.48. The monoisotopic (exact) mass is 413 g/mol. The summed E-state index contributed by atoms with van der Waals surface area (Å²) in [6.45, 7) is 4.11. The number of likely N-dealkylation sites (tertiary alicyclic amines) is 1. The van der Waals surface area contributed by atoms with E-state index in [9.17, 15) is 4.79 Å². The fourth-order valence-corrected chi connectivity index (χ4v) is 5.32. The van der Waals surface area contributed by atoms with Crippen LogP contribution in [-0.2, 0) is 17.8 Å². The van der Waals surface area contributed by atoms with E-state index in [1.165, 1.54) is 10.4 Å². The number of piperidine rings is 1. The standard InChI is InChI=1S/C23H31N3O2S/c1-25-14-15-28-21-8-3-2-6-19(21)7-4-5-9-23(22(25)27)10-12-26(13-11-23)17-20-16-24-18-29-20/h2-3,6,8,16,18H,4-5,7,9-15,17H2,1H3. The molecule has 1 aromatic heterocycles. The summed E-state index contributed by atoms with van der Waals surface area (Å²) in [6.07, 6.45) is 8.06. The number of carbonyl (C=O) groups excluding carboxylic acids is 1. The van der Waals surface area contributed by atoms with Crippen molar-refractivity contribution in [3.8, 4) is 5.75 Å². The molecule has 1 fully saturated rings. The zero-order chi connectivity index (χ0) is 20.1. The van der Waals surface area contributed by atoms with E-state index in [4.69, 9.17) is 4.74 Å². The van der Waals surface area contributed by atoms with Crippen molar-refractivity contribution in [1.82, 2.24) is 14.8 Å².